The SMILES string of the molecule is CC1(C)C2C(=O)N(Cc3cc4nccc(-c5cc(Cl)cnc5OC5CCCNC5)c4s3)C(=O)C21.Cl.Cl. The van der Waals surface area contributed by atoms with E-state index in [9.17, 15) is 9.59 Å². The number of thiophene rings is 1. The molecule has 7 nitrogen and oxygen atoms in total. The highest BCUT2D eigenvalue weighted by Gasteiger charge is 2.72. The number of ether oxygens (including phenoxy) is 1. The van der Waals surface area contributed by atoms with Gasteiger partial charge in [0.25, 0.3) is 0 Å². The van der Waals surface area contributed by atoms with Crippen molar-refractivity contribution in [2.24, 2.45) is 17.3 Å². The maximum Gasteiger partial charge on any atom is 0.234 e. The van der Waals surface area contributed by atoms with Crippen molar-refractivity contribution in [3.05, 3.63) is 40.5 Å². The molecule has 11 heteroatoms. The Kier molecular flexibility index (Phi) is 7.57. The first-order valence-electron chi connectivity index (χ1n) is 11.6. The van der Waals surface area contributed by atoms with Gasteiger partial charge < -0.3 is 10.1 Å². The van der Waals surface area contributed by atoms with E-state index in [0.29, 0.717) is 10.9 Å². The molecule has 3 aromatic rings. The van der Waals surface area contributed by atoms with Gasteiger partial charge in [0.05, 0.1) is 33.6 Å². The molecular formula is C25H27Cl3N4O3S. The molecule has 0 aromatic carbocycles. The van der Waals surface area contributed by atoms with E-state index < -0.39 is 0 Å². The van der Waals surface area contributed by atoms with Crippen molar-refractivity contribution in [3.8, 4) is 17.0 Å². The molecule has 0 radical (unpaired) electrons. The molecule has 36 heavy (non-hydrogen) atoms. The fourth-order valence-corrected chi connectivity index (χ4v) is 6.67. The molecule has 0 spiro atoms. The van der Waals surface area contributed by atoms with Gasteiger partial charge in [-0.2, -0.15) is 0 Å². The quantitative estimate of drug-likeness (QED) is 0.429. The zero-order valence-electron chi connectivity index (χ0n) is 19.8. The molecule has 1 aliphatic carbocycles. The van der Waals surface area contributed by atoms with Crippen molar-refractivity contribution in [2.45, 2.75) is 39.3 Å². The zero-order valence-corrected chi connectivity index (χ0v) is 23.0. The molecule has 5 heterocycles. The number of hydrogen-bond acceptors (Lipinski definition) is 7. The third-order valence-corrected chi connectivity index (χ3v) is 8.66. The van der Waals surface area contributed by atoms with Crippen molar-refractivity contribution in [1.82, 2.24) is 20.2 Å². The first-order valence-corrected chi connectivity index (χ1v) is 12.8. The van der Waals surface area contributed by atoms with Crippen LogP contribution in [0.2, 0.25) is 5.02 Å². The van der Waals surface area contributed by atoms with E-state index >= 15 is 0 Å². The van der Waals surface area contributed by atoms with Crippen LogP contribution in [0.25, 0.3) is 21.3 Å². The van der Waals surface area contributed by atoms with Gasteiger partial charge in [-0.15, -0.1) is 36.2 Å². The second kappa shape index (κ2) is 10.1. The molecule has 1 saturated carbocycles. The van der Waals surface area contributed by atoms with Crippen LogP contribution >= 0.6 is 47.8 Å². The van der Waals surface area contributed by atoms with Crippen LogP contribution in [0.4, 0.5) is 0 Å². The number of nitrogens with zero attached hydrogens (tertiary/aromatic N) is 3. The number of amides is 2. The van der Waals surface area contributed by atoms with Gasteiger partial charge >= 0.3 is 0 Å². The number of piperidine rings is 2. The van der Waals surface area contributed by atoms with E-state index in [-0.39, 0.29) is 66.5 Å². The fraction of sp³-hybridized carbons (Fsp3) is 0.440. The number of likely N-dealkylation sites (tertiary alicyclic amines) is 1. The van der Waals surface area contributed by atoms with Gasteiger partial charge in [-0.05, 0) is 43.0 Å². The van der Waals surface area contributed by atoms with E-state index in [1.165, 1.54) is 16.2 Å². The van der Waals surface area contributed by atoms with Gasteiger partial charge in [-0.1, -0.05) is 25.4 Å². The summed E-state index contributed by atoms with van der Waals surface area (Å²) in [7, 11) is 0. The summed E-state index contributed by atoms with van der Waals surface area (Å²) >= 11 is 7.87. The smallest absolute Gasteiger partial charge is 0.234 e. The lowest BCUT2D eigenvalue weighted by Gasteiger charge is -2.24. The predicted molar refractivity (Wildman–Crippen MR) is 145 cm³/mol. The number of nitrogens with one attached hydrogen (secondary N) is 1. The Morgan fingerprint density at radius 3 is 2.61 bits per heavy atom. The Balaban J connectivity index is 0.00000152. The first-order chi connectivity index (χ1) is 16.3. The van der Waals surface area contributed by atoms with Crippen molar-refractivity contribution in [2.75, 3.05) is 13.1 Å². The number of carbonyl (C=O) groups is 2. The molecule has 1 N–H and O–H groups in total. The van der Waals surface area contributed by atoms with Crippen LogP contribution in [0.5, 0.6) is 5.88 Å². The molecule has 2 aliphatic heterocycles. The molecule has 3 aliphatic rings. The zero-order chi connectivity index (χ0) is 23.6. The third-order valence-electron chi connectivity index (χ3n) is 7.31. The summed E-state index contributed by atoms with van der Waals surface area (Å²) in [5.41, 5.74) is 2.35. The summed E-state index contributed by atoms with van der Waals surface area (Å²) in [5, 5.41) is 3.89. The van der Waals surface area contributed by atoms with E-state index in [1.54, 1.807) is 12.4 Å². The minimum absolute atomic E-state index is 0. The van der Waals surface area contributed by atoms with Gasteiger partial charge in [0, 0.05) is 34.9 Å². The summed E-state index contributed by atoms with van der Waals surface area (Å²) in [6, 6.07) is 5.77. The number of aromatic nitrogens is 2. The molecule has 2 saturated heterocycles. The Hall–Kier alpha value is -1.97. The predicted octanol–water partition coefficient (Wildman–Crippen LogP) is 5.13. The number of hydrogen-bond donors (Lipinski definition) is 1. The van der Waals surface area contributed by atoms with Crippen LogP contribution in [-0.4, -0.2) is 45.9 Å². The van der Waals surface area contributed by atoms with Gasteiger partial charge in [-0.25, -0.2) is 4.98 Å². The number of halogens is 3. The van der Waals surface area contributed by atoms with Gasteiger partial charge in [0.15, 0.2) is 0 Å². The molecule has 3 unspecified atom stereocenters. The van der Waals surface area contributed by atoms with Crippen LogP contribution in [0.15, 0.2) is 30.6 Å². The standard InChI is InChI=1S/C25H25ClN4O3S.2ClH/c1-25(2)19-20(25)24(32)30(23(19)31)12-15-9-18-21(34-15)16(5-7-28-18)17-8-13(26)10-29-22(17)33-14-4-3-6-27-11-14;;/h5,7-10,14,19-20,27H,3-4,6,11-12H2,1-2H3;2*1H. The van der Waals surface area contributed by atoms with Crippen LogP contribution in [0.3, 0.4) is 0 Å². The number of carbonyl (C=O) groups excluding carboxylic acids is 2. The maximum atomic E-state index is 12.8. The third kappa shape index (κ3) is 4.47. The first kappa shape index (κ1) is 27.1. The average molecular weight is 570 g/mol. The minimum atomic E-state index is -0.205. The number of imide groups is 1. The van der Waals surface area contributed by atoms with Gasteiger partial charge in [-0.3, -0.25) is 19.5 Å². The van der Waals surface area contributed by atoms with E-state index in [1.807, 2.05) is 32.0 Å². The van der Waals surface area contributed by atoms with E-state index in [0.717, 1.165) is 52.2 Å². The summed E-state index contributed by atoms with van der Waals surface area (Å²) < 4.78 is 7.23. The number of rotatable bonds is 5. The molecule has 192 valence electrons. The van der Waals surface area contributed by atoms with Crippen LogP contribution < -0.4 is 10.1 Å². The fourth-order valence-electron chi connectivity index (χ4n) is 5.39. The largest absolute Gasteiger partial charge is 0.473 e. The lowest BCUT2D eigenvalue weighted by atomic mass is 10.1. The van der Waals surface area contributed by atoms with Crippen LogP contribution in [0.1, 0.15) is 31.6 Å². The normalized spacial score (nSPS) is 24.2. The van der Waals surface area contributed by atoms with Crippen LogP contribution in [-0.2, 0) is 16.1 Å². The highest BCUT2D eigenvalue weighted by Crippen LogP contribution is 2.63. The molecule has 6 rings (SSSR count). The summed E-state index contributed by atoms with van der Waals surface area (Å²) in [6.07, 6.45) is 5.45. The second-order valence-corrected chi connectivity index (χ2v) is 11.5. The molecule has 0 bridgehead atoms. The van der Waals surface area contributed by atoms with E-state index in [2.05, 4.69) is 15.3 Å². The molecule has 3 atom stereocenters. The van der Waals surface area contributed by atoms with Crippen molar-refractivity contribution >= 4 is 69.8 Å². The molecule has 2 amide bonds. The Labute approximate surface area is 230 Å². The van der Waals surface area contributed by atoms with Crippen molar-refractivity contribution in [1.29, 1.82) is 0 Å². The Morgan fingerprint density at radius 1 is 1.17 bits per heavy atom. The summed E-state index contributed by atoms with van der Waals surface area (Å²) in [6.45, 7) is 6.06. The van der Waals surface area contributed by atoms with Gasteiger partial charge in [0.1, 0.15) is 6.10 Å². The summed E-state index contributed by atoms with van der Waals surface area (Å²) in [5.74, 6) is 0.0971. The second-order valence-electron chi connectivity index (χ2n) is 9.92. The maximum absolute atomic E-state index is 12.8. The Bertz CT molecular complexity index is 1300. The van der Waals surface area contributed by atoms with Gasteiger partial charge in [0.2, 0.25) is 17.7 Å². The highest BCUT2D eigenvalue weighted by molar-refractivity contribution is 7.19. The monoisotopic (exact) mass is 568 g/mol. The van der Waals surface area contributed by atoms with E-state index in [4.69, 9.17) is 16.3 Å². The lowest BCUT2D eigenvalue weighted by molar-refractivity contribution is -0.143. The van der Waals surface area contributed by atoms with Crippen molar-refractivity contribution in [3.63, 3.8) is 0 Å². The molecular weight excluding hydrogens is 543 g/mol. The average Bonchev–Trinajstić information content (AvgIpc) is 3.06. The Morgan fingerprint density at radius 2 is 1.92 bits per heavy atom. The number of pyridine rings is 2. The molecule has 3 aromatic heterocycles. The molecule has 3 fully saturated rings. The minimum Gasteiger partial charge on any atom is -0.473 e. The number of fused-ring (bicyclic) bond motifs is 2. The van der Waals surface area contributed by atoms with Crippen molar-refractivity contribution < 1.29 is 14.3 Å². The van der Waals surface area contributed by atoms with Crippen LogP contribution in [0, 0.1) is 17.3 Å². The highest BCUT2D eigenvalue weighted by atomic mass is 35.5. The topological polar surface area (TPSA) is 84.4 Å². The lowest BCUT2D eigenvalue weighted by Crippen LogP contribution is -2.37. The summed E-state index contributed by atoms with van der Waals surface area (Å²) in [4.78, 5) is 37.0.